The van der Waals surface area contributed by atoms with Crippen LogP contribution in [0.5, 0.6) is 11.5 Å². The van der Waals surface area contributed by atoms with Crippen molar-refractivity contribution in [1.29, 1.82) is 0 Å². The summed E-state index contributed by atoms with van der Waals surface area (Å²) in [5.41, 5.74) is 0.576. The summed E-state index contributed by atoms with van der Waals surface area (Å²) in [6.07, 6.45) is 7.26. The Hall–Kier alpha value is -1.59. The highest BCUT2D eigenvalue weighted by Crippen LogP contribution is 2.66. The molecule has 3 saturated carbocycles. The van der Waals surface area contributed by atoms with Gasteiger partial charge in [-0.3, -0.25) is 4.79 Å². The first-order valence-corrected chi connectivity index (χ1v) is 11.6. The van der Waals surface area contributed by atoms with Crippen LogP contribution in [0.1, 0.15) is 56.1 Å². The number of carbonyl (C=O) groups excluding carboxylic acids is 1. The first kappa shape index (κ1) is 17.1. The number of quaternary nitrogens is 1. The molecule has 29 heavy (non-hydrogen) atoms. The lowest BCUT2D eigenvalue weighted by Crippen LogP contribution is -2.82. The van der Waals surface area contributed by atoms with Gasteiger partial charge >= 0.3 is 0 Å². The number of ketones is 1. The van der Waals surface area contributed by atoms with Gasteiger partial charge < -0.3 is 19.4 Å². The molecule has 2 bridgehead atoms. The lowest BCUT2D eigenvalue weighted by molar-refractivity contribution is -0.969. The van der Waals surface area contributed by atoms with Crippen molar-refractivity contribution in [3.63, 3.8) is 0 Å². The number of phenols is 1. The second-order valence-corrected chi connectivity index (χ2v) is 11.0. The predicted molar refractivity (Wildman–Crippen MR) is 106 cm³/mol. The van der Waals surface area contributed by atoms with E-state index >= 15 is 0 Å². The molecule has 0 radical (unpaired) electrons. The fourth-order valence-electron chi connectivity index (χ4n) is 7.85. The molecular weight excluding hydrogens is 366 g/mol. The smallest absolute Gasteiger partial charge is 0.174 e. The number of ether oxygens (including phenoxy) is 1. The Morgan fingerprint density at radius 2 is 1.83 bits per heavy atom. The summed E-state index contributed by atoms with van der Waals surface area (Å²) in [6.45, 7) is 3.42. The number of phenolic OH excluding ortho intramolecular Hbond substituents is 1. The van der Waals surface area contributed by atoms with Crippen molar-refractivity contribution in [2.24, 2.45) is 11.8 Å². The van der Waals surface area contributed by atoms with Gasteiger partial charge in [0.25, 0.3) is 0 Å². The summed E-state index contributed by atoms with van der Waals surface area (Å²) in [5.74, 6) is 2.31. The molecule has 1 saturated heterocycles. The van der Waals surface area contributed by atoms with E-state index in [0.717, 1.165) is 41.3 Å². The minimum absolute atomic E-state index is 0.0984. The monoisotopic (exact) mass is 396 g/mol. The topological polar surface area (TPSA) is 66.8 Å². The number of aliphatic hydroxyl groups is 1. The predicted octanol–water partition coefficient (Wildman–Crippen LogP) is 2.45. The van der Waals surface area contributed by atoms with E-state index < -0.39 is 17.1 Å². The van der Waals surface area contributed by atoms with E-state index in [1.54, 1.807) is 6.07 Å². The van der Waals surface area contributed by atoms with Gasteiger partial charge in [0.15, 0.2) is 23.4 Å². The minimum Gasteiger partial charge on any atom is -0.504 e. The van der Waals surface area contributed by atoms with E-state index in [-0.39, 0.29) is 17.6 Å². The summed E-state index contributed by atoms with van der Waals surface area (Å²) < 4.78 is 7.22. The van der Waals surface area contributed by atoms with Crippen LogP contribution in [0.4, 0.5) is 0 Å². The molecule has 6 aliphatic rings. The molecule has 2 heterocycles. The number of rotatable bonds is 4. The molecule has 4 atom stereocenters. The van der Waals surface area contributed by atoms with Gasteiger partial charge in [-0.1, -0.05) is 6.07 Å². The molecule has 1 aromatic carbocycles. The summed E-state index contributed by atoms with van der Waals surface area (Å²) in [6, 6.07) is 3.89. The lowest BCUT2D eigenvalue weighted by atomic mass is 9.48. The number of Topliss-reactive ketones (excluding diaryl/α,β-unsaturated/α-hetero) is 1. The van der Waals surface area contributed by atoms with Gasteiger partial charge in [-0.05, 0) is 43.7 Å². The SMILES string of the molecule is O=C1CC[C@]2(O)C3Cc4ccc(O)c5c4[C@]2(CC[N+]3(CC2CC2)CC2CC2)[C@@H]1O5. The van der Waals surface area contributed by atoms with Crippen LogP contribution >= 0.6 is 0 Å². The zero-order chi connectivity index (χ0) is 19.6. The summed E-state index contributed by atoms with van der Waals surface area (Å²) >= 11 is 0. The Morgan fingerprint density at radius 1 is 1.10 bits per heavy atom. The van der Waals surface area contributed by atoms with Crippen molar-refractivity contribution in [2.75, 3.05) is 19.6 Å². The van der Waals surface area contributed by atoms with Gasteiger partial charge in [-0.2, -0.15) is 0 Å². The van der Waals surface area contributed by atoms with Crippen molar-refractivity contribution >= 4 is 5.78 Å². The van der Waals surface area contributed by atoms with Crippen LogP contribution in [0, 0.1) is 11.8 Å². The first-order chi connectivity index (χ1) is 14.0. The Morgan fingerprint density at radius 3 is 2.52 bits per heavy atom. The van der Waals surface area contributed by atoms with Crippen molar-refractivity contribution in [3.8, 4) is 11.5 Å². The first-order valence-electron chi connectivity index (χ1n) is 11.6. The number of carbonyl (C=O) groups is 1. The van der Waals surface area contributed by atoms with Crippen molar-refractivity contribution in [2.45, 2.75) is 74.5 Å². The van der Waals surface area contributed by atoms with Gasteiger partial charge in [-0.15, -0.1) is 0 Å². The highest BCUT2D eigenvalue weighted by molar-refractivity contribution is 5.90. The Bertz CT molecular complexity index is 921. The molecule has 1 unspecified atom stereocenters. The molecule has 1 spiro atoms. The normalized spacial score (nSPS) is 41.1. The molecule has 2 N–H and O–H groups in total. The van der Waals surface area contributed by atoms with E-state index in [9.17, 15) is 15.0 Å². The molecule has 5 heteroatoms. The second-order valence-electron chi connectivity index (χ2n) is 11.0. The van der Waals surface area contributed by atoms with E-state index in [4.69, 9.17) is 4.74 Å². The number of likely N-dealkylation sites (tertiary alicyclic amines) is 1. The summed E-state index contributed by atoms with van der Waals surface area (Å²) in [7, 11) is 0. The van der Waals surface area contributed by atoms with E-state index in [1.165, 1.54) is 44.3 Å². The Labute approximate surface area is 171 Å². The fraction of sp³-hybridized carbons (Fsp3) is 0.708. The zero-order valence-corrected chi connectivity index (χ0v) is 16.9. The lowest BCUT2D eigenvalue weighted by Gasteiger charge is -2.65. The van der Waals surface area contributed by atoms with Gasteiger partial charge in [0, 0.05) is 36.7 Å². The van der Waals surface area contributed by atoms with Crippen LogP contribution in [0.25, 0.3) is 0 Å². The minimum atomic E-state index is -0.917. The Kier molecular flexibility index (Phi) is 3.06. The van der Waals surface area contributed by atoms with Crippen LogP contribution in [-0.2, 0) is 16.6 Å². The van der Waals surface area contributed by atoms with Gasteiger partial charge in [-0.25, -0.2) is 0 Å². The average molecular weight is 397 g/mol. The second kappa shape index (κ2) is 5.17. The van der Waals surface area contributed by atoms with Crippen LogP contribution in [0.2, 0.25) is 0 Å². The molecule has 154 valence electrons. The molecule has 1 aromatic rings. The highest BCUT2D eigenvalue weighted by Gasteiger charge is 2.77. The molecule has 7 rings (SSSR count). The number of hydrogen-bond acceptors (Lipinski definition) is 4. The van der Waals surface area contributed by atoms with Crippen molar-refractivity contribution in [3.05, 3.63) is 23.3 Å². The third kappa shape index (κ3) is 1.97. The third-order valence-electron chi connectivity index (χ3n) is 9.38. The molecule has 0 amide bonds. The van der Waals surface area contributed by atoms with Crippen LogP contribution < -0.4 is 4.74 Å². The largest absolute Gasteiger partial charge is 0.504 e. The fourth-order valence-corrected chi connectivity index (χ4v) is 7.85. The Balaban J connectivity index is 1.45. The zero-order valence-electron chi connectivity index (χ0n) is 16.9. The maximum Gasteiger partial charge on any atom is 0.174 e. The molecule has 5 nitrogen and oxygen atoms in total. The number of aromatic hydroxyl groups is 1. The van der Waals surface area contributed by atoms with Gasteiger partial charge in [0.2, 0.25) is 0 Å². The van der Waals surface area contributed by atoms with Gasteiger partial charge in [0.1, 0.15) is 11.6 Å². The number of nitrogens with zero attached hydrogens (tertiary/aromatic N) is 1. The summed E-state index contributed by atoms with van der Waals surface area (Å²) in [4.78, 5) is 13.0. The molecular formula is C24H30NO4+. The van der Waals surface area contributed by atoms with E-state index in [1.807, 2.05) is 6.07 Å². The molecule has 0 aromatic heterocycles. The van der Waals surface area contributed by atoms with Gasteiger partial charge in [0.05, 0.1) is 25.0 Å². The number of piperidine rings is 1. The number of hydrogen-bond donors (Lipinski definition) is 2. The molecule has 4 fully saturated rings. The maximum atomic E-state index is 13.0. The third-order valence-corrected chi connectivity index (χ3v) is 9.38. The van der Waals surface area contributed by atoms with Crippen molar-refractivity contribution < 1.29 is 24.2 Å². The molecule has 2 aliphatic heterocycles. The highest BCUT2D eigenvalue weighted by atomic mass is 16.5. The van der Waals surface area contributed by atoms with Crippen molar-refractivity contribution in [1.82, 2.24) is 0 Å². The van der Waals surface area contributed by atoms with Crippen LogP contribution in [0.3, 0.4) is 0 Å². The standard InChI is InChI=1S/C24H29NO4/c26-17-6-5-16-11-19-24(28)8-7-18(27)22-23(24,20(16)21(17)29-22)9-10-25(19,12-14-1-2-14)13-15-3-4-15/h5-6,14-15,19,22,28H,1-4,7-13H2/p+1/t19?,22-,23-,24+/m1/s1. The van der Waals surface area contributed by atoms with E-state index in [0.29, 0.717) is 18.6 Å². The van der Waals surface area contributed by atoms with Crippen LogP contribution in [0.15, 0.2) is 12.1 Å². The molecule has 4 aliphatic carbocycles. The van der Waals surface area contributed by atoms with E-state index in [2.05, 4.69) is 0 Å². The number of benzene rings is 1. The van der Waals surface area contributed by atoms with Crippen LogP contribution in [-0.4, -0.2) is 57.9 Å². The summed E-state index contributed by atoms with van der Waals surface area (Å²) in [5, 5.41) is 23.0. The maximum absolute atomic E-state index is 13.0. The average Bonchev–Trinajstić information content (AvgIpc) is 3.62. The quantitative estimate of drug-likeness (QED) is 0.768.